The first-order valence-electron chi connectivity index (χ1n) is 22.3. The maximum atomic E-state index is 14.4. The molecule has 63 heavy (non-hydrogen) atoms. The molecule has 338 valence electrons. The van der Waals surface area contributed by atoms with Crippen molar-refractivity contribution in [2.45, 2.75) is 99.7 Å². The van der Waals surface area contributed by atoms with Gasteiger partial charge in [-0.15, -0.1) is 18.3 Å². The van der Waals surface area contributed by atoms with E-state index in [0.717, 1.165) is 60.1 Å². The Morgan fingerprint density at radius 3 is 2.49 bits per heavy atom. The Labute approximate surface area is 374 Å². The highest BCUT2D eigenvalue weighted by Gasteiger charge is 2.65. The Bertz CT molecular complexity index is 2110. The number of aliphatic hydroxyl groups excluding tert-OH is 2. The van der Waals surface area contributed by atoms with Gasteiger partial charge in [-0.05, 0) is 122 Å². The molecule has 3 aromatic carbocycles. The van der Waals surface area contributed by atoms with Gasteiger partial charge in [0.15, 0.2) is 11.5 Å². The summed E-state index contributed by atoms with van der Waals surface area (Å²) in [5.41, 5.74) is 3.36. The highest BCUT2D eigenvalue weighted by molar-refractivity contribution is 7.98. The van der Waals surface area contributed by atoms with Crippen molar-refractivity contribution in [2.75, 3.05) is 46.6 Å². The van der Waals surface area contributed by atoms with Gasteiger partial charge in [0, 0.05) is 49.0 Å². The van der Waals surface area contributed by atoms with Crippen molar-refractivity contribution in [3.63, 3.8) is 0 Å². The van der Waals surface area contributed by atoms with Crippen LogP contribution < -0.4 is 18.9 Å². The summed E-state index contributed by atoms with van der Waals surface area (Å²) in [6.07, 6.45) is 12.4. The van der Waals surface area contributed by atoms with Crippen molar-refractivity contribution in [1.29, 1.82) is 0 Å². The van der Waals surface area contributed by atoms with Crippen LogP contribution in [0.1, 0.15) is 81.3 Å². The molecule has 1 unspecified atom stereocenters. The molecule has 14 heteroatoms. The van der Waals surface area contributed by atoms with Gasteiger partial charge < -0.3 is 48.2 Å². The van der Waals surface area contributed by atoms with Gasteiger partial charge in [-0.1, -0.05) is 36.2 Å². The van der Waals surface area contributed by atoms with Gasteiger partial charge in [0.1, 0.15) is 23.3 Å². The van der Waals surface area contributed by atoms with Gasteiger partial charge in [0.05, 0.1) is 32.0 Å². The fourth-order valence-electron chi connectivity index (χ4n) is 10.1. The summed E-state index contributed by atoms with van der Waals surface area (Å²) in [7, 11) is 1.38. The zero-order valence-electron chi connectivity index (χ0n) is 36.3. The average Bonchev–Trinajstić information content (AvgIpc) is 3.79. The lowest BCUT2D eigenvalue weighted by Gasteiger charge is -2.59. The first kappa shape index (κ1) is 44.9. The number of amides is 1. The number of fused-ring (bicyclic) bond motifs is 3. The van der Waals surface area contributed by atoms with Crippen molar-refractivity contribution in [3.8, 4) is 28.7 Å². The SMILES string of the molecule is C=CCO[C@@]12Oc3ccc(Oc4ccc(SC)cc4)cc3[C@H]3[C@H](CCCCO)[C@@H](CCCCO)C=C(C(=NOC4CCCCO4)C[C@@H]1N(Cc1ccc4c(c1)OCO4)C(=O)OC)[C@H]32. The summed E-state index contributed by atoms with van der Waals surface area (Å²) in [5, 5.41) is 24.9. The number of methoxy groups -OCH3 is 1. The normalized spacial score (nSPS) is 26.2. The monoisotopic (exact) mass is 884 g/mol. The molecule has 1 saturated heterocycles. The second-order valence-corrected chi connectivity index (χ2v) is 17.6. The molecule has 1 saturated carbocycles. The molecule has 3 aromatic rings. The lowest BCUT2D eigenvalue weighted by atomic mass is 9.55. The third kappa shape index (κ3) is 9.70. The van der Waals surface area contributed by atoms with Crippen LogP contribution in [0.4, 0.5) is 4.79 Å². The Balaban J connectivity index is 1.32. The highest BCUT2D eigenvalue weighted by atomic mass is 32.2. The smallest absolute Gasteiger partial charge is 0.410 e. The minimum Gasteiger partial charge on any atom is -0.459 e. The van der Waals surface area contributed by atoms with Crippen molar-refractivity contribution < 1.29 is 53.0 Å². The lowest BCUT2D eigenvalue weighted by molar-refractivity contribution is -0.256. The number of nitrogens with zero attached hydrogens (tertiary/aromatic N) is 2. The van der Waals surface area contributed by atoms with E-state index in [9.17, 15) is 15.0 Å². The number of rotatable bonds is 19. The van der Waals surface area contributed by atoms with Crippen LogP contribution in [0.5, 0.6) is 28.7 Å². The van der Waals surface area contributed by atoms with Crippen LogP contribution >= 0.6 is 11.8 Å². The van der Waals surface area contributed by atoms with Crippen LogP contribution in [-0.4, -0.2) is 91.6 Å². The molecular weight excluding hydrogens is 825 g/mol. The number of carbonyl (C=O) groups is 1. The number of oxime groups is 1. The highest BCUT2D eigenvalue weighted by Crippen LogP contribution is 2.62. The Kier molecular flexibility index (Phi) is 14.8. The van der Waals surface area contributed by atoms with Crippen molar-refractivity contribution >= 4 is 23.6 Å². The number of hydrogen-bond donors (Lipinski definition) is 2. The van der Waals surface area contributed by atoms with E-state index in [1.165, 1.54) is 7.11 Å². The van der Waals surface area contributed by atoms with Gasteiger partial charge in [0.25, 0.3) is 0 Å². The van der Waals surface area contributed by atoms with Gasteiger partial charge in [-0.2, -0.15) is 0 Å². The number of carbonyl (C=O) groups excluding carboxylic acids is 1. The molecular formula is C49H60N2O11S. The van der Waals surface area contributed by atoms with Crippen molar-refractivity contribution in [1.82, 2.24) is 4.90 Å². The molecule has 3 heterocycles. The minimum absolute atomic E-state index is 0.0393. The quantitative estimate of drug-likeness (QED) is 0.0512. The summed E-state index contributed by atoms with van der Waals surface area (Å²) >= 11 is 1.67. The van der Waals surface area contributed by atoms with Crippen molar-refractivity contribution in [2.24, 2.45) is 22.9 Å². The zero-order valence-corrected chi connectivity index (χ0v) is 37.1. The molecule has 5 aliphatic rings. The predicted octanol–water partition coefficient (Wildman–Crippen LogP) is 9.36. The average molecular weight is 885 g/mol. The van der Waals surface area contributed by atoms with E-state index in [4.69, 9.17) is 43.2 Å². The first-order valence-corrected chi connectivity index (χ1v) is 23.5. The Hall–Kier alpha value is -4.73. The predicted molar refractivity (Wildman–Crippen MR) is 238 cm³/mol. The number of allylic oxidation sites excluding steroid dienone is 1. The standard InChI is InChI=1S/C49H60N2O11S/c1-4-24-59-49-44(51(48(54)55-2)30-32-14-20-42-43(26-32)58-31-57-42)29-40(50-62-45-13-7-10-25-56-45)38-27-33(11-5-8-22-52)37(12-6-9-23-53)46(47(38)49)39-28-35(17-21-41(39)61-49)60-34-15-18-36(63-3)19-16-34/h4,14-21,26-28,33,37,44-47,52-53H,1,5-13,22-25,29-31H2,2-3H3/t33-,37+,44-,45?,46+,47+,49+/m0/s1. The third-order valence-electron chi connectivity index (χ3n) is 12.9. The van der Waals surface area contributed by atoms with Crippen LogP contribution in [0.3, 0.4) is 0 Å². The van der Waals surface area contributed by atoms with Crippen LogP contribution in [0.2, 0.25) is 0 Å². The van der Waals surface area contributed by atoms with Gasteiger partial charge >= 0.3 is 6.09 Å². The number of thioether (sulfide) groups is 1. The van der Waals surface area contributed by atoms with E-state index in [2.05, 4.69) is 18.7 Å². The van der Waals surface area contributed by atoms with E-state index in [1.807, 2.05) is 60.9 Å². The van der Waals surface area contributed by atoms with Crippen LogP contribution in [0, 0.1) is 17.8 Å². The molecule has 0 spiro atoms. The topological polar surface area (TPSA) is 147 Å². The Morgan fingerprint density at radius 1 is 0.968 bits per heavy atom. The molecule has 0 radical (unpaired) electrons. The van der Waals surface area contributed by atoms with E-state index >= 15 is 0 Å². The molecule has 7 atom stereocenters. The lowest BCUT2D eigenvalue weighted by Crippen LogP contribution is -2.70. The first-order chi connectivity index (χ1) is 30.9. The summed E-state index contributed by atoms with van der Waals surface area (Å²) in [4.78, 5) is 23.5. The second kappa shape index (κ2) is 20.8. The maximum Gasteiger partial charge on any atom is 0.410 e. The molecule has 2 N–H and O–H groups in total. The summed E-state index contributed by atoms with van der Waals surface area (Å²) in [6.45, 7) is 5.21. The zero-order chi connectivity index (χ0) is 43.8. The van der Waals surface area contributed by atoms with E-state index in [0.29, 0.717) is 60.3 Å². The van der Waals surface area contributed by atoms with Crippen molar-refractivity contribution in [3.05, 3.63) is 96.1 Å². The fraction of sp³-hybridized carbons (Fsp3) is 0.510. The van der Waals surface area contributed by atoms with E-state index in [-0.39, 0.29) is 57.3 Å². The van der Waals surface area contributed by atoms with Crippen LogP contribution in [-0.2, 0) is 25.6 Å². The third-order valence-corrected chi connectivity index (χ3v) is 13.7. The van der Waals surface area contributed by atoms with Gasteiger partial charge in [-0.3, -0.25) is 4.90 Å². The minimum atomic E-state index is -1.47. The molecule has 1 amide bonds. The van der Waals surface area contributed by atoms with Gasteiger partial charge in [0.2, 0.25) is 18.9 Å². The molecule has 2 fully saturated rings. The second-order valence-electron chi connectivity index (χ2n) is 16.7. The molecule has 8 rings (SSSR count). The number of ether oxygens (including phenoxy) is 7. The molecule has 13 nitrogen and oxygen atoms in total. The molecule has 0 bridgehead atoms. The number of hydrogen-bond acceptors (Lipinski definition) is 13. The number of unbranched alkanes of at least 4 members (excludes halogenated alkanes) is 2. The molecule has 2 aliphatic carbocycles. The fourth-order valence-corrected chi connectivity index (χ4v) is 10.5. The largest absolute Gasteiger partial charge is 0.459 e. The van der Waals surface area contributed by atoms with Crippen LogP contribution in [0.25, 0.3) is 0 Å². The summed E-state index contributed by atoms with van der Waals surface area (Å²) < 4.78 is 44.0. The number of aliphatic hydroxyl groups is 2. The maximum absolute atomic E-state index is 14.4. The van der Waals surface area contributed by atoms with Gasteiger partial charge in [-0.25, -0.2) is 4.79 Å². The van der Waals surface area contributed by atoms with E-state index < -0.39 is 30.1 Å². The summed E-state index contributed by atoms with van der Waals surface area (Å²) in [6, 6.07) is 18.8. The number of benzene rings is 3. The molecule has 3 aliphatic heterocycles. The molecule has 0 aromatic heterocycles. The van der Waals surface area contributed by atoms with E-state index in [1.54, 1.807) is 22.7 Å². The summed E-state index contributed by atoms with van der Waals surface area (Å²) in [5.74, 6) is 1.12. The Morgan fingerprint density at radius 2 is 1.75 bits per heavy atom. The van der Waals surface area contributed by atoms with Crippen LogP contribution in [0.15, 0.2) is 95.0 Å².